The Morgan fingerprint density at radius 3 is 1.33 bits per heavy atom. The van der Waals surface area contributed by atoms with E-state index in [-0.39, 0.29) is 52.6 Å². The van der Waals surface area contributed by atoms with Crippen LogP contribution in [0.1, 0.15) is 6.92 Å². The molecule has 0 amide bonds. The van der Waals surface area contributed by atoms with Gasteiger partial charge in [0.05, 0.1) is 12.7 Å². The molecule has 0 rings (SSSR count). The molecule has 0 spiro atoms. The van der Waals surface area contributed by atoms with Gasteiger partial charge in [0.1, 0.15) is 0 Å². The summed E-state index contributed by atoms with van der Waals surface area (Å²) in [6.45, 7) is 1.39. The molecular weight excluding hydrogens is 139 g/mol. The van der Waals surface area contributed by atoms with Crippen LogP contribution in [0.3, 0.4) is 0 Å². The first-order valence-corrected chi connectivity index (χ1v) is 1.56. The molecular formula is C3H14NaO5. The van der Waals surface area contributed by atoms with Crippen molar-refractivity contribution in [2.75, 3.05) is 6.61 Å². The van der Waals surface area contributed by atoms with Crippen LogP contribution in [0, 0.1) is 0 Å². The van der Waals surface area contributed by atoms with Gasteiger partial charge in [-0.2, -0.15) is 0 Å². The van der Waals surface area contributed by atoms with Crippen molar-refractivity contribution < 1.29 is 26.6 Å². The van der Waals surface area contributed by atoms with Crippen LogP contribution in [0.15, 0.2) is 0 Å². The smallest absolute Gasteiger partial charge is 0.0742 e. The van der Waals surface area contributed by atoms with Crippen LogP contribution < -0.4 is 0 Å². The molecule has 0 bridgehead atoms. The maximum atomic E-state index is 8.11. The Labute approximate surface area is 75.9 Å². The van der Waals surface area contributed by atoms with Crippen LogP contribution in [-0.2, 0) is 0 Å². The van der Waals surface area contributed by atoms with Crippen molar-refractivity contribution in [3.05, 3.63) is 0 Å². The summed E-state index contributed by atoms with van der Waals surface area (Å²) in [4.78, 5) is 0. The van der Waals surface area contributed by atoms with Crippen molar-refractivity contribution in [1.29, 1.82) is 0 Å². The van der Waals surface area contributed by atoms with Gasteiger partial charge < -0.3 is 26.6 Å². The fourth-order valence-corrected chi connectivity index (χ4v) is 0. The molecule has 0 fully saturated rings. The first kappa shape index (κ1) is 32.9. The average molecular weight is 153 g/mol. The molecule has 0 aliphatic heterocycles. The second-order valence-corrected chi connectivity index (χ2v) is 1.03. The topological polar surface area (TPSA) is 135 Å². The Morgan fingerprint density at radius 2 is 1.33 bits per heavy atom. The quantitative estimate of drug-likeness (QED) is 0.378. The molecule has 9 heavy (non-hydrogen) atoms. The average Bonchev–Trinajstić information content (AvgIpc) is 1.38. The van der Waals surface area contributed by atoms with Crippen molar-refractivity contribution in [1.82, 2.24) is 0 Å². The third-order valence-electron chi connectivity index (χ3n) is 0.264. The van der Waals surface area contributed by atoms with Gasteiger partial charge in [-0.25, -0.2) is 0 Å². The maximum Gasteiger partial charge on any atom is 0.0742 e. The number of aliphatic hydroxyl groups excluding tert-OH is 2. The fourth-order valence-electron chi connectivity index (χ4n) is 0. The maximum absolute atomic E-state index is 8.11. The van der Waals surface area contributed by atoms with Crippen molar-refractivity contribution in [3.8, 4) is 0 Å². The zero-order valence-electron chi connectivity index (χ0n) is 5.68. The largest absolute Gasteiger partial charge is 0.412 e. The standard InChI is InChI=1S/C3H8O2.Na.3H2O/c1-3(5)2-4;;;;/h3-5H,2H2,1H3;;3*1H2. The molecule has 0 aromatic heterocycles. The van der Waals surface area contributed by atoms with Gasteiger partial charge in [-0.15, -0.1) is 0 Å². The van der Waals surface area contributed by atoms with E-state index in [1.807, 2.05) is 0 Å². The van der Waals surface area contributed by atoms with Gasteiger partial charge >= 0.3 is 0 Å². The van der Waals surface area contributed by atoms with E-state index in [0.29, 0.717) is 0 Å². The Bertz CT molecular complexity index is 26.2. The molecule has 0 aromatic carbocycles. The number of rotatable bonds is 1. The van der Waals surface area contributed by atoms with Crippen LogP contribution in [-0.4, -0.2) is 68.9 Å². The molecule has 1 unspecified atom stereocenters. The van der Waals surface area contributed by atoms with Gasteiger partial charge in [-0.1, -0.05) is 0 Å². The van der Waals surface area contributed by atoms with Crippen molar-refractivity contribution in [3.63, 3.8) is 0 Å². The molecule has 1 atom stereocenters. The zero-order chi connectivity index (χ0) is 4.28. The summed E-state index contributed by atoms with van der Waals surface area (Å²) >= 11 is 0. The number of hydrogen-bond acceptors (Lipinski definition) is 2. The summed E-state index contributed by atoms with van der Waals surface area (Å²) in [5.74, 6) is 0. The van der Waals surface area contributed by atoms with Crippen LogP contribution in [0.25, 0.3) is 0 Å². The molecule has 57 valence electrons. The second kappa shape index (κ2) is 23.2. The Morgan fingerprint density at radius 1 is 1.22 bits per heavy atom. The molecule has 1 radical (unpaired) electrons. The van der Waals surface area contributed by atoms with Gasteiger partial charge in [0, 0.05) is 29.6 Å². The molecule has 0 saturated heterocycles. The van der Waals surface area contributed by atoms with E-state index < -0.39 is 6.10 Å². The van der Waals surface area contributed by atoms with Crippen molar-refractivity contribution >= 4 is 29.6 Å². The monoisotopic (exact) mass is 153 g/mol. The van der Waals surface area contributed by atoms with Gasteiger partial charge in [0.2, 0.25) is 0 Å². The zero-order valence-corrected chi connectivity index (χ0v) is 7.68. The molecule has 0 aliphatic carbocycles. The Hall–Kier alpha value is 0.800. The third-order valence-corrected chi connectivity index (χ3v) is 0.264. The normalized spacial score (nSPS) is 8.33. The second-order valence-electron chi connectivity index (χ2n) is 1.03. The Kier molecular flexibility index (Phi) is 85.0. The summed E-state index contributed by atoms with van der Waals surface area (Å²) in [6.07, 6.45) is -0.560. The third kappa shape index (κ3) is 51.9. The number of hydrogen-bond donors (Lipinski definition) is 2. The van der Waals surface area contributed by atoms with E-state index in [4.69, 9.17) is 10.2 Å². The predicted octanol–water partition coefficient (Wildman–Crippen LogP) is -3.50. The molecule has 8 N–H and O–H groups in total. The Balaban J connectivity index is -0.0000000133. The van der Waals surface area contributed by atoms with Crippen LogP contribution in [0.2, 0.25) is 0 Å². The van der Waals surface area contributed by atoms with Crippen molar-refractivity contribution in [2.45, 2.75) is 13.0 Å². The molecule has 6 heteroatoms. The predicted molar refractivity (Wildman–Crippen MR) is 35.4 cm³/mol. The fraction of sp³-hybridized carbons (Fsp3) is 1.00. The molecule has 5 nitrogen and oxygen atoms in total. The summed E-state index contributed by atoms with van der Waals surface area (Å²) < 4.78 is 0. The minimum Gasteiger partial charge on any atom is -0.412 e. The van der Waals surface area contributed by atoms with E-state index in [1.54, 1.807) is 0 Å². The van der Waals surface area contributed by atoms with Crippen LogP contribution in [0.4, 0.5) is 0 Å². The minimum absolute atomic E-state index is 0. The minimum atomic E-state index is -0.560. The van der Waals surface area contributed by atoms with E-state index in [0.717, 1.165) is 0 Å². The molecule has 0 heterocycles. The molecule has 0 saturated carbocycles. The van der Waals surface area contributed by atoms with Crippen molar-refractivity contribution in [2.24, 2.45) is 0 Å². The first-order chi connectivity index (χ1) is 2.27. The van der Waals surface area contributed by atoms with E-state index in [9.17, 15) is 0 Å². The van der Waals surface area contributed by atoms with Gasteiger partial charge in [0.15, 0.2) is 0 Å². The SMILES string of the molecule is CC(O)CO.O.O.O.[Na]. The number of aliphatic hydroxyl groups is 2. The molecule has 0 aliphatic rings. The summed E-state index contributed by atoms with van der Waals surface area (Å²) in [6, 6.07) is 0. The van der Waals surface area contributed by atoms with E-state index in [2.05, 4.69) is 0 Å². The summed E-state index contributed by atoms with van der Waals surface area (Å²) in [5.41, 5.74) is 0. The summed E-state index contributed by atoms with van der Waals surface area (Å²) in [5, 5.41) is 16.0. The van der Waals surface area contributed by atoms with Crippen LogP contribution >= 0.6 is 0 Å². The van der Waals surface area contributed by atoms with E-state index >= 15 is 0 Å². The first-order valence-electron chi connectivity index (χ1n) is 1.56. The molecule has 0 aromatic rings. The van der Waals surface area contributed by atoms with Crippen LogP contribution in [0.5, 0.6) is 0 Å². The van der Waals surface area contributed by atoms with Gasteiger partial charge in [0.25, 0.3) is 0 Å². The summed E-state index contributed by atoms with van der Waals surface area (Å²) in [7, 11) is 0. The van der Waals surface area contributed by atoms with Gasteiger partial charge in [-0.05, 0) is 6.92 Å². The van der Waals surface area contributed by atoms with E-state index in [1.165, 1.54) is 6.92 Å². The van der Waals surface area contributed by atoms with Gasteiger partial charge in [-0.3, -0.25) is 0 Å².